The summed E-state index contributed by atoms with van der Waals surface area (Å²) >= 11 is 9.70. The molecular weight excluding hydrogens is 334 g/mol. The number of benzene rings is 2. The Labute approximate surface area is 134 Å². The van der Waals surface area contributed by atoms with Gasteiger partial charge in [0.25, 0.3) is 0 Å². The van der Waals surface area contributed by atoms with E-state index in [2.05, 4.69) is 66.3 Å². The molecule has 0 saturated heterocycles. The largest absolute Gasteiger partial charge is 0.307 e. The summed E-state index contributed by atoms with van der Waals surface area (Å²) in [7, 11) is 0. The summed E-state index contributed by atoms with van der Waals surface area (Å²) < 4.78 is 1.01. The molecular formula is C17H19BrClN. The smallest absolute Gasteiger partial charge is 0.0577 e. The number of halogens is 2. The quantitative estimate of drug-likeness (QED) is 0.775. The Hall–Kier alpha value is -0.830. The molecule has 0 aliphatic heterocycles. The van der Waals surface area contributed by atoms with Crippen LogP contribution in [0.15, 0.2) is 40.9 Å². The summed E-state index contributed by atoms with van der Waals surface area (Å²) in [5.74, 6) is 0. The molecule has 2 aromatic rings. The van der Waals surface area contributed by atoms with E-state index in [9.17, 15) is 0 Å². The second-order valence-electron chi connectivity index (χ2n) is 5.04. The molecule has 20 heavy (non-hydrogen) atoms. The molecule has 3 heteroatoms. The van der Waals surface area contributed by atoms with Crippen LogP contribution < -0.4 is 5.32 Å². The fourth-order valence-corrected chi connectivity index (χ4v) is 3.20. The zero-order chi connectivity index (χ0) is 14.7. The molecule has 0 spiro atoms. The van der Waals surface area contributed by atoms with E-state index in [-0.39, 0.29) is 6.04 Å². The van der Waals surface area contributed by atoms with Crippen LogP contribution in [0.25, 0.3) is 0 Å². The van der Waals surface area contributed by atoms with Gasteiger partial charge in [-0.2, -0.15) is 0 Å². The maximum Gasteiger partial charge on any atom is 0.0577 e. The van der Waals surface area contributed by atoms with E-state index < -0.39 is 0 Å². The minimum absolute atomic E-state index is 0.161. The van der Waals surface area contributed by atoms with Crippen LogP contribution in [-0.4, -0.2) is 6.54 Å². The minimum Gasteiger partial charge on any atom is -0.307 e. The van der Waals surface area contributed by atoms with E-state index >= 15 is 0 Å². The van der Waals surface area contributed by atoms with Crippen molar-refractivity contribution in [1.29, 1.82) is 0 Å². The first-order valence-corrected chi connectivity index (χ1v) is 7.95. The maximum atomic E-state index is 6.18. The number of hydrogen-bond donors (Lipinski definition) is 1. The average molecular weight is 353 g/mol. The fourth-order valence-electron chi connectivity index (χ4n) is 2.32. The van der Waals surface area contributed by atoms with Gasteiger partial charge in [0.05, 0.1) is 6.04 Å². The summed E-state index contributed by atoms with van der Waals surface area (Å²) in [6, 6.07) is 12.8. The highest BCUT2D eigenvalue weighted by atomic mass is 79.9. The number of nitrogens with one attached hydrogen (secondary N) is 1. The van der Waals surface area contributed by atoms with Gasteiger partial charge in [-0.05, 0) is 60.8 Å². The van der Waals surface area contributed by atoms with Gasteiger partial charge in [-0.3, -0.25) is 0 Å². The van der Waals surface area contributed by atoms with Gasteiger partial charge in [-0.25, -0.2) is 0 Å². The molecule has 1 N–H and O–H groups in total. The Morgan fingerprint density at radius 1 is 1.05 bits per heavy atom. The molecule has 2 rings (SSSR count). The van der Waals surface area contributed by atoms with E-state index in [0.29, 0.717) is 0 Å². The summed E-state index contributed by atoms with van der Waals surface area (Å²) in [4.78, 5) is 0. The summed E-state index contributed by atoms with van der Waals surface area (Å²) in [6.45, 7) is 7.31. The van der Waals surface area contributed by atoms with Crippen molar-refractivity contribution in [1.82, 2.24) is 5.32 Å². The number of aryl methyl sites for hydroxylation is 2. The van der Waals surface area contributed by atoms with Crippen LogP contribution in [0.4, 0.5) is 0 Å². The predicted octanol–water partition coefficient (Wildman–Crippen LogP) is 5.42. The molecule has 1 atom stereocenters. The lowest BCUT2D eigenvalue weighted by Crippen LogP contribution is -2.22. The van der Waals surface area contributed by atoms with Crippen LogP contribution in [0, 0.1) is 13.8 Å². The van der Waals surface area contributed by atoms with Crippen molar-refractivity contribution in [3.63, 3.8) is 0 Å². The molecule has 1 unspecified atom stereocenters. The van der Waals surface area contributed by atoms with E-state index in [1.165, 1.54) is 22.3 Å². The topological polar surface area (TPSA) is 12.0 Å². The Morgan fingerprint density at radius 3 is 2.40 bits per heavy atom. The van der Waals surface area contributed by atoms with Crippen molar-refractivity contribution in [3.05, 3.63) is 68.1 Å². The van der Waals surface area contributed by atoms with Crippen LogP contribution in [0.5, 0.6) is 0 Å². The summed E-state index contributed by atoms with van der Waals surface area (Å²) in [5.41, 5.74) is 5.07. The van der Waals surface area contributed by atoms with Crippen molar-refractivity contribution in [3.8, 4) is 0 Å². The van der Waals surface area contributed by atoms with Gasteiger partial charge in [0.15, 0.2) is 0 Å². The third-order valence-corrected chi connectivity index (χ3v) is 4.17. The molecule has 106 valence electrons. The minimum atomic E-state index is 0.161. The van der Waals surface area contributed by atoms with Gasteiger partial charge in [-0.15, -0.1) is 0 Å². The van der Waals surface area contributed by atoms with Crippen molar-refractivity contribution in [2.75, 3.05) is 6.54 Å². The Morgan fingerprint density at radius 2 is 1.80 bits per heavy atom. The van der Waals surface area contributed by atoms with Crippen molar-refractivity contribution >= 4 is 27.5 Å². The molecule has 0 bridgehead atoms. The lowest BCUT2D eigenvalue weighted by atomic mass is 9.95. The van der Waals surface area contributed by atoms with Crippen LogP contribution in [0.1, 0.15) is 35.2 Å². The van der Waals surface area contributed by atoms with Gasteiger partial charge >= 0.3 is 0 Å². The first-order chi connectivity index (χ1) is 9.51. The van der Waals surface area contributed by atoms with E-state index in [1.807, 2.05) is 12.1 Å². The third kappa shape index (κ3) is 3.63. The zero-order valence-electron chi connectivity index (χ0n) is 12.0. The Kier molecular flexibility index (Phi) is 5.25. The molecule has 0 aromatic heterocycles. The molecule has 0 amide bonds. The van der Waals surface area contributed by atoms with E-state index in [4.69, 9.17) is 11.6 Å². The van der Waals surface area contributed by atoms with Crippen LogP contribution in [-0.2, 0) is 0 Å². The average Bonchev–Trinajstić information content (AvgIpc) is 2.38. The van der Waals surface area contributed by atoms with E-state index in [0.717, 1.165) is 16.0 Å². The van der Waals surface area contributed by atoms with E-state index in [1.54, 1.807) is 0 Å². The number of hydrogen-bond acceptors (Lipinski definition) is 1. The maximum absolute atomic E-state index is 6.18. The second kappa shape index (κ2) is 6.75. The lowest BCUT2D eigenvalue weighted by molar-refractivity contribution is 0.630. The number of rotatable bonds is 4. The zero-order valence-corrected chi connectivity index (χ0v) is 14.3. The van der Waals surface area contributed by atoms with Crippen LogP contribution in [0.2, 0.25) is 5.02 Å². The molecule has 0 aliphatic rings. The highest BCUT2D eigenvalue weighted by Crippen LogP contribution is 2.29. The monoisotopic (exact) mass is 351 g/mol. The van der Waals surface area contributed by atoms with Crippen LogP contribution in [0.3, 0.4) is 0 Å². The molecule has 0 heterocycles. The molecule has 0 aliphatic carbocycles. The highest BCUT2D eigenvalue weighted by Gasteiger charge is 2.14. The fraction of sp³-hybridized carbons (Fsp3) is 0.294. The van der Waals surface area contributed by atoms with Gasteiger partial charge < -0.3 is 5.32 Å². The van der Waals surface area contributed by atoms with Crippen molar-refractivity contribution in [2.45, 2.75) is 26.8 Å². The highest BCUT2D eigenvalue weighted by molar-refractivity contribution is 9.10. The molecule has 1 nitrogen and oxygen atoms in total. The Balaban J connectivity index is 2.46. The van der Waals surface area contributed by atoms with Crippen molar-refractivity contribution < 1.29 is 0 Å². The lowest BCUT2D eigenvalue weighted by Gasteiger charge is -2.20. The molecule has 0 radical (unpaired) electrons. The predicted molar refractivity (Wildman–Crippen MR) is 90.6 cm³/mol. The SMILES string of the molecule is CCNC(c1cc(Cl)cc(Br)c1)c1ccc(C)c(C)c1. The molecule has 0 fully saturated rings. The molecule has 0 saturated carbocycles. The van der Waals surface area contributed by atoms with Crippen LogP contribution >= 0.6 is 27.5 Å². The van der Waals surface area contributed by atoms with Gasteiger partial charge in [0.2, 0.25) is 0 Å². The first-order valence-electron chi connectivity index (χ1n) is 6.77. The van der Waals surface area contributed by atoms with Gasteiger partial charge in [-0.1, -0.05) is 52.7 Å². The summed E-state index contributed by atoms with van der Waals surface area (Å²) in [6.07, 6.45) is 0. The Bertz CT molecular complexity index is 590. The normalized spacial score (nSPS) is 12.4. The standard InChI is InChI=1S/C17H19BrClN/c1-4-20-17(13-6-5-11(2)12(3)7-13)14-8-15(18)10-16(19)9-14/h5-10,17,20H,4H2,1-3H3. The van der Waals surface area contributed by atoms with Crippen molar-refractivity contribution in [2.24, 2.45) is 0 Å². The summed E-state index contributed by atoms with van der Waals surface area (Å²) in [5, 5.41) is 4.29. The third-order valence-electron chi connectivity index (χ3n) is 3.49. The first kappa shape index (κ1) is 15.6. The molecule has 2 aromatic carbocycles. The van der Waals surface area contributed by atoms with Gasteiger partial charge in [0, 0.05) is 9.50 Å². The second-order valence-corrected chi connectivity index (χ2v) is 6.39. The van der Waals surface area contributed by atoms with Gasteiger partial charge in [0.1, 0.15) is 0 Å².